The minimum absolute atomic E-state index is 0.231. The smallest absolute Gasteiger partial charge is 0.385 e. The molecule has 0 amide bonds. The lowest BCUT2D eigenvalue weighted by Crippen LogP contribution is -2.51. The zero-order chi connectivity index (χ0) is 16.1. The van der Waals surface area contributed by atoms with Gasteiger partial charge in [0.2, 0.25) is 0 Å². The summed E-state index contributed by atoms with van der Waals surface area (Å²) in [5.41, 5.74) is 5.69. The third-order valence-corrected chi connectivity index (χ3v) is 3.89. The molecule has 6 N–H and O–H groups in total. The highest BCUT2D eigenvalue weighted by atomic mass is 31.2. The summed E-state index contributed by atoms with van der Waals surface area (Å²) in [5, 5.41) is 19.8. The van der Waals surface area contributed by atoms with Crippen molar-refractivity contribution in [1.29, 1.82) is 0 Å². The number of aliphatic imine (C=N–C) groups is 3. The Hall–Kier alpha value is -1.40. The van der Waals surface area contributed by atoms with Gasteiger partial charge in [-0.25, -0.2) is 14.5 Å². The Labute approximate surface area is 123 Å². The molecule has 0 aromatic rings. The SMILES string of the molecule is NC1=NC=NC2C1N=CN2[C@@H]1O[C@H](OP(=O)(O)O)[C@H](O)C1O. The maximum absolute atomic E-state index is 10.8. The molecule has 3 aliphatic rings. The molecular formula is C9H14N5O7P. The van der Waals surface area contributed by atoms with Crippen LogP contribution in [0.5, 0.6) is 0 Å². The van der Waals surface area contributed by atoms with Crippen molar-refractivity contribution in [3.63, 3.8) is 0 Å². The van der Waals surface area contributed by atoms with Crippen molar-refractivity contribution in [3.05, 3.63) is 0 Å². The van der Waals surface area contributed by atoms with Gasteiger partial charge in [-0.3, -0.25) is 9.52 Å². The third-order valence-electron chi connectivity index (χ3n) is 3.41. The number of rotatable bonds is 3. The van der Waals surface area contributed by atoms with E-state index in [1.54, 1.807) is 0 Å². The second-order valence-electron chi connectivity index (χ2n) is 4.86. The molecule has 3 rings (SSSR count). The summed E-state index contributed by atoms with van der Waals surface area (Å²) >= 11 is 0. The number of phosphoric ester groups is 1. The molecule has 0 spiro atoms. The van der Waals surface area contributed by atoms with E-state index in [0.717, 1.165) is 0 Å². The Morgan fingerprint density at radius 2 is 2.05 bits per heavy atom. The van der Waals surface area contributed by atoms with Crippen LogP contribution < -0.4 is 5.73 Å². The molecule has 3 heterocycles. The Kier molecular flexibility index (Phi) is 3.77. The van der Waals surface area contributed by atoms with Gasteiger partial charge in [-0.05, 0) is 0 Å². The molecular weight excluding hydrogens is 321 g/mol. The second kappa shape index (κ2) is 5.35. The molecule has 3 aliphatic heterocycles. The maximum Gasteiger partial charge on any atom is 0.472 e. The number of hydrogen-bond donors (Lipinski definition) is 5. The van der Waals surface area contributed by atoms with E-state index in [1.165, 1.54) is 17.6 Å². The number of phosphoric acid groups is 1. The van der Waals surface area contributed by atoms with Crippen LogP contribution in [0.1, 0.15) is 0 Å². The number of ether oxygens (including phenoxy) is 1. The van der Waals surface area contributed by atoms with Crippen molar-refractivity contribution in [1.82, 2.24) is 4.90 Å². The van der Waals surface area contributed by atoms with Gasteiger partial charge < -0.3 is 35.4 Å². The largest absolute Gasteiger partial charge is 0.472 e. The fraction of sp³-hybridized carbons (Fsp3) is 0.667. The highest BCUT2D eigenvalue weighted by molar-refractivity contribution is 7.46. The van der Waals surface area contributed by atoms with E-state index in [1.807, 2.05) is 0 Å². The summed E-state index contributed by atoms with van der Waals surface area (Å²) in [4.78, 5) is 30.9. The molecule has 0 radical (unpaired) electrons. The molecule has 22 heavy (non-hydrogen) atoms. The Bertz CT molecular complexity index is 591. The molecule has 0 aromatic heterocycles. The molecule has 122 valence electrons. The van der Waals surface area contributed by atoms with Crippen molar-refractivity contribution in [2.24, 2.45) is 20.7 Å². The van der Waals surface area contributed by atoms with Crippen LogP contribution in [0.2, 0.25) is 0 Å². The predicted molar refractivity (Wildman–Crippen MR) is 71.8 cm³/mol. The first-order valence-corrected chi connectivity index (χ1v) is 7.72. The predicted octanol–water partition coefficient (Wildman–Crippen LogP) is -3.06. The lowest BCUT2D eigenvalue weighted by atomic mass is 10.1. The first kappa shape index (κ1) is 15.5. The van der Waals surface area contributed by atoms with Gasteiger partial charge in [-0.1, -0.05) is 0 Å². The van der Waals surface area contributed by atoms with Crippen LogP contribution in [-0.4, -0.2) is 80.3 Å². The molecule has 13 heteroatoms. The molecule has 0 saturated carbocycles. The Morgan fingerprint density at radius 1 is 1.32 bits per heavy atom. The number of nitrogens with zero attached hydrogens (tertiary/aromatic N) is 4. The fourth-order valence-corrected chi connectivity index (χ4v) is 2.85. The summed E-state index contributed by atoms with van der Waals surface area (Å²) in [6.45, 7) is 0. The average Bonchev–Trinajstić information content (AvgIpc) is 2.95. The number of aliphatic hydroxyl groups is 2. The highest BCUT2D eigenvalue weighted by Gasteiger charge is 2.51. The van der Waals surface area contributed by atoms with Crippen LogP contribution in [0, 0.1) is 0 Å². The van der Waals surface area contributed by atoms with Gasteiger partial charge in [-0.2, -0.15) is 0 Å². The van der Waals surface area contributed by atoms with Gasteiger partial charge in [0.15, 0.2) is 18.7 Å². The summed E-state index contributed by atoms with van der Waals surface area (Å²) in [6, 6.07) is -0.556. The van der Waals surface area contributed by atoms with Gasteiger partial charge in [0, 0.05) is 0 Å². The van der Waals surface area contributed by atoms with Crippen molar-refractivity contribution < 1.29 is 33.8 Å². The van der Waals surface area contributed by atoms with Gasteiger partial charge in [0.25, 0.3) is 0 Å². The van der Waals surface area contributed by atoms with Crippen molar-refractivity contribution in [2.75, 3.05) is 0 Å². The number of nitrogens with two attached hydrogens (primary N) is 1. The van der Waals surface area contributed by atoms with E-state index in [4.69, 9.17) is 20.3 Å². The van der Waals surface area contributed by atoms with Gasteiger partial charge in [-0.15, -0.1) is 0 Å². The van der Waals surface area contributed by atoms with E-state index in [9.17, 15) is 14.8 Å². The standard InChI is InChI=1S/C9H14N5O7P/c10-6-3-7(12-1-11-6)14(2-13-3)8-4(15)5(16)9(20-8)21-22(17,18)19/h1-5,7-9,15-16H,(H2,10,11,12)(H2,17,18,19)/t3?,4?,5-,7?,8-,9-/m1/s1. The highest BCUT2D eigenvalue weighted by Crippen LogP contribution is 2.42. The Balaban J connectivity index is 1.76. The number of hydrogen-bond acceptors (Lipinski definition) is 10. The fourth-order valence-electron chi connectivity index (χ4n) is 2.40. The van der Waals surface area contributed by atoms with E-state index in [-0.39, 0.29) is 5.84 Å². The number of amidine groups is 1. The summed E-state index contributed by atoms with van der Waals surface area (Å²) < 4.78 is 20.3. The van der Waals surface area contributed by atoms with E-state index in [2.05, 4.69) is 19.5 Å². The molecule has 6 atom stereocenters. The molecule has 3 unspecified atom stereocenters. The minimum Gasteiger partial charge on any atom is -0.385 e. The topological polar surface area (TPSA) is 183 Å². The third kappa shape index (κ3) is 2.65. The maximum atomic E-state index is 10.8. The summed E-state index contributed by atoms with van der Waals surface area (Å²) in [6.07, 6.45) is -4.06. The molecule has 0 bridgehead atoms. The lowest BCUT2D eigenvalue weighted by molar-refractivity contribution is -0.143. The lowest BCUT2D eigenvalue weighted by Gasteiger charge is -2.31. The van der Waals surface area contributed by atoms with Crippen LogP contribution in [-0.2, 0) is 13.8 Å². The molecule has 0 aromatic carbocycles. The van der Waals surface area contributed by atoms with Crippen LogP contribution in [0.3, 0.4) is 0 Å². The van der Waals surface area contributed by atoms with Gasteiger partial charge in [0.05, 0.1) is 6.34 Å². The summed E-state index contributed by atoms with van der Waals surface area (Å²) in [7, 11) is -4.89. The molecule has 1 fully saturated rings. The van der Waals surface area contributed by atoms with E-state index in [0.29, 0.717) is 0 Å². The van der Waals surface area contributed by atoms with Crippen LogP contribution in [0.4, 0.5) is 0 Å². The van der Waals surface area contributed by atoms with E-state index >= 15 is 0 Å². The second-order valence-corrected chi connectivity index (χ2v) is 6.05. The van der Waals surface area contributed by atoms with Gasteiger partial charge in [0.1, 0.15) is 30.4 Å². The monoisotopic (exact) mass is 335 g/mol. The van der Waals surface area contributed by atoms with Crippen LogP contribution in [0.15, 0.2) is 15.0 Å². The first-order chi connectivity index (χ1) is 10.3. The number of aliphatic hydroxyl groups excluding tert-OH is 2. The van der Waals surface area contributed by atoms with Crippen molar-refractivity contribution >= 4 is 26.3 Å². The Morgan fingerprint density at radius 3 is 2.73 bits per heavy atom. The normalized spacial score (nSPS) is 40.9. The molecule has 1 saturated heterocycles. The zero-order valence-corrected chi connectivity index (χ0v) is 11.8. The van der Waals surface area contributed by atoms with Crippen molar-refractivity contribution in [3.8, 4) is 0 Å². The summed E-state index contributed by atoms with van der Waals surface area (Å²) in [5.74, 6) is 0.231. The molecule has 12 nitrogen and oxygen atoms in total. The number of fused-ring (bicyclic) bond motifs is 1. The van der Waals surface area contributed by atoms with Gasteiger partial charge >= 0.3 is 7.82 Å². The zero-order valence-electron chi connectivity index (χ0n) is 10.9. The van der Waals surface area contributed by atoms with Crippen LogP contribution >= 0.6 is 7.82 Å². The van der Waals surface area contributed by atoms with Crippen molar-refractivity contribution in [2.45, 2.75) is 36.9 Å². The molecule has 0 aliphatic carbocycles. The minimum atomic E-state index is -4.89. The van der Waals surface area contributed by atoms with Crippen LogP contribution in [0.25, 0.3) is 0 Å². The quantitative estimate of drug-likeness (QED) is 0.334. The average molecular weight is 335 g/mol. The first-order valence-electron chi connectivity index (χ1n) is 6.19. The van der Waals surface area contributed by atoms with E-state index < -0.39 is 44.8 Å².